The molecule has 2 aromatic rings. The topological polar surface area (TPSA) is 141 Å². The molecule has 0 aliphatic carbocycles. The van der Waals surface area contributed by atoms with Gasteiger partial charge in [0.1, 0.15) is 6.10 Å². The number of hydrogen-bond acceptors (Lipinski definition) is 6. The van der Waals surface area contributed by atoms with E-state index in [4.69, 9.17) is 8.85 Å². The number of carboxylic acid groups (broad SMARTS) is 1. The van der Waals surface area contributed by atoms with Gasteiger partial charge in [0.15, 0.2) is 39.9 Å². The van der Waals surface area contributed by atoms with Gasteiger partial charge in [0.05, 0.1) is 12.6 Å². The number of nitrogens with one attached hydrogen (secondary N) is 2. The number of urea groups is 2. The Kier molecular flexibility index (Phi) is 19.9. The molecule has 0 aromatic heterocycles. The van der Waals surface area contributed by atoms with Crippen molar-refractivity contribution in [3.05, 3.63) is 70.8 Å². The van der Waals surface area contributed by atoms with Crippen LogP contribution in [0.4, 0.5) is 27.2 Å². The predicted octanol–water partition coefficient (Wildman–Crippen LogP) is 8.63. The zero-order chi connectivity index (χ0) is 44.1. The highest BCUT2D eigenvalue weighted by atomic mass is 28.4. The van der Waals surface area contributed by atoms with Crippen molar-refractivity contribution >= 4 is 34.7 Å². The summed E-state index contributed by atoms with van der Waals surface area (Å²) >= 11 is 0. The van der Waals surface area contributed by atoms with E-state index in [1.165, 1.54) is 41.1 Å². The van der Waals surface area contributed by atoms with Crippen LogP contribution in [-0.2, 0) is 26.7 Å². The highest BCUT2D eigenvalue weighted by molar-refractivity contribution is 6.74. The van der Waals surface area contributed by atoms with Crippen LogP contribution < -0.4 is 10.6 Å². The van der Waals surface area contributed by atoms with Gasteiger partial charge in [-0.2, -0.15) is 0 Å². The molecular formula is C40H66F4N4O7Si2. The first kappa shape index (κ1) is 51.5. The van der Waals surface area contributed by atoms with E-state index in [0.29, 0.717) is 19.4 Å². The zero-order valence-corrected chi connectivity index (χ0v) is 38.0. The van der Waals surface area contributed by atoms with Gasteiger partial charge in [-0.05, 0) is 68.2 Å². The maximum absolute atomic E-state index is 13.8. The van der Waals surface area contributed by atoms with E-state index in [2.05, 4.69) is 44.5 Å². The SMILES string of the molecule is CC(CC(O[Si](C)(C)C(C)(C)C)C(=O)O)N(C)C(=O)NCc1cccc(F)c1F.CN(C(=O)NCc1cccc(F)c1F)[C@@H](CCCO)CO[Si](C)(C)C(C)(C)C. The van der Waals surface area contributed by atoms with Crippen LogP contribution in [0.2, 0.25) is 36.3 Å². The fourth-order valence-corrected chi connectivity index (χ4v) is 7.07. The Balaban J connectivity index is 0.000000570. The number of aliphatic hydroxyl groups is 1. The van der Waals surface area contributed by atoms with Crippen molar-refractivity contribution in [3.63, 3.8) is 0 Å². The minimum atomic E-state index is -2.31. The van der Waals surface area contributed by atoms with Gasteiger partial charge in [0.25, 0.3) is 0 Å². The van der Waals surface area contributed by atoms with E-state index in [1.807, 2.05) is 33.9 Å². The van der Waals surface area contributed by atoms with Crippen molar-refractivity contribution in [2.45, 2.75) is 135 Å². The van der Waals surface area contributed by atoms with Crippen molar-refractivity contribution in [1.29, 1.82) is 0 Å². The Labute approximate surface area is 338 Å². The number of aliphatic hydroxyl groups excluding tert-OH is 1. The lowest BCUT2D eigenvalue weighted by Gasteiger charge is -2.39. The van der Waals surface area contributed by atoms with Gasteiger partial charge in [0.2, 0.25) is 0 Å². The van der Waals surface area contributed by atoms with Crippen LogP contribution in [0.25, 0.3) is 0 Å². The van der Waals surface area contributed by atoms with E-state index in [-0.39, 0.29) is 53.4 Å². The average molecular weight is 847 g/mol. The van der Waals surface area contributed by atoms with Crippen LogP contribution in [0, 0.1) is 23.3 Å². The van der Waals surface area contributed by atoms with Gasteiger partial charge in [-0.3, -0.25) is 0 Å². The van der Waals surface area contributed by atoms with Crippen LogP contribution in [0.3, 0.4) is 0 Å². The third-order valence-electron chi connectivity index (χ3n) is 11.0. The molecule has 2 aromatic carbocycles. The number of halogens is 4. The lowest BCUT2D eigenvalue weighted by Crippen LogP contribution is -2.49. The molecule has 0 fully saturated rings. The summed E-state index contributed by atoms with van der Waals surface area (Å²) in [5.74, 6) is -4.95. The second-order valence-electron chi connectivity index (χ2n) is 17.3. The summed E-state index contributed by atoms with van der Waals surface area (Å²) in [7, 11) is -1.12. The fourth-order valence-electron chi connectivity index (χ4n) is 4.76. The Bertz CT molecular complexity index is 1620. The lowest BCUT2D eigenvalue weighted by atomic mass is 10.1. The molecule has 324 valence electrons. The minimum absolute atomic E-state index is 0.0283. The fraction of sp³-hybridized carbons (Fsp3) is 0.625. The van der Waals surface area contributed by atoms with Crippen LogP contribution in [0.1, 0.15) is 78.9 Å². The number of benzene rings is 2. The second kappa shape index (κ2) is 22.0. The maximum atomic E-state index is 13.8. The quantitative estimate of drug-likeness (QED) is 0.0924. The van der Waals surface area contributed by atoms with Crippen molar-refractivity contribution in [3.8, 4) is 0 Å². The van der Waals surface area contributed by atoms with Crippen LogP contribution in [0.15, 0.2) is 36.4 Å². The molecule has 0 bridgehead atoms. The summed E-state index contributed by atoms with van der Waals surface area (Å²) < 4.78 is 66.3. The Hall–Kier alpha value is -3.52. The molecule has 0 aliphatic rings. The number of hydrogen-bond donors (Lipinski definition) is 4. The zero-order valence-electron chi connectivity index (χ0n) is 36.0. The van der Waals surface area contributed by atoms with Crippen molar-refractivity contribution in [2.75, 3.05) is 27.3 Å². The Morgan fingerprint density at radius 3 is 1.61 bits per heavy atom. The Morgan fingerprint density at radius 1 is 0.772 bits per heavy atom. The van der Waals surface area contributed by atoms with Gasteiger partial charge < -0.3 is 39.5 Å². The van der Waals surface area contributed by atoms with Crippen LogP contribution in [0.5, 0.6) is 0 Å². The van der Waals surface area contributed by atoms with Crippen LogP contribution in [-0.4, -0.2) is 100 Å². The molecule has 17 heteroatoms. The largest absolute Gasteiger partial charge is 0.479 e. The van der Waals surface area contributed by atoms with Crippen molar-refractivity contribution in [2.24, 2.45) is 0 Å². The molecule has 11 nitrogen and oxygen atoms in total. The number of likely N-dealkylation sites (N-methyl/N-ethyl adjacent to an activating group) is 1. The smallest absolute Gasteiger partial charge is 0.331 e. The third-order valence-corrected chi connectivity index (χ3v) is 20.0. The van der Waals surface area contributed by atoms with Gasteiger partial charge in [-0.1, -0.05) is 65.8 Å². The first-order valence-electron chi connectivity index (χ1n) is 19.1. The standard InChI is InChI=1S/C20H32F2N2O4Si.C20H34F2N2O3Si/c1-13(11-16(18(25)26)28-29(6,7)20(2,3)4)24(5)19(27)23-12-14-9-8-10-15(21)17(14)22;1-20(2,3)28(5,6)27-14-16(10-8-12-25)24(4)19(26)23-13-15-9-7-11-17(21)18(15)22/h8-10,13,16H,11-12H2,1-7H3,(H,23,27)(H,25,26);7,9,11,16,25H,8,10,12-14H2,1-6H3,(H,23,26)/t;16-/m.0/s1. The molecule has 0 saturated heterocycles. The van der Waals surface area contributed by atoms with Gasteiger partial charge in [0, 0.05) is 57.4 Å². The molecule has 57 heavy (non-hydrogen) atoms. The summed E-state index contributed by atoms with van der Waals surface area (Å²) in [6.45, 7) is 22.5. The summed E-state index contributed by atoms with van der Waals surface area (Å²) in [5, 5.41) is 23.8. The van der Waals surface area contributed by atoms with E-state index in [0.717, 1.165) is 12.1 Å². The van der Waals surface area contributed by atoms with E-state index < -0.39 is 70.1 Å². The highest BCUT2D eigenvalue weighted by Crippen LogP contribution is 2.38. The minimum Gasteiger partial charge on any atom is -0.479 e. The monoisotopic (exact) mass is 846 g/mol. The van der Waals surface area contributed by atoms with Gasteiger partial charge >= 0.3 is 18.0 Å². The summed E-state index contributed by atoms with van der Waals surface area (Å²) in [4.78, 5) is 39.5. The summed E-state index contributed by atoms with van der Waals surface area (Å²) in [6.07, 6.45) is 0.201. The number of carbonyl (C=O) groups excluding carboxylic acids is 2. The molecule has 3 atom stereocenters. The van der Waals surface area contributed by atoms with Crippen molar-refractivity contribution < 1.29 is 51.0 Å². The lowest BCUT2D eigenvalue weighted by molar-refractivity contribution is -0.146. The number of carbonyl (C=O) groups is 3. The number of nitrogens with zero attached hydrogens (tertiary/aromatic N) is 2. The highest BCUT2D eigenvalue weighted by Gasteiger charge is 2.41. The first-order chi connectivity index (χ1) is 26.1. The molecular weight excluding hydrogens is 781 g/mol. The molecule has 4 N–H and O–H groups in total. The molecule has 4 amide bonds. The molecule has 0 spiro atoms. The van der Waals surface area contributed by atoms with Gasteiger partial charge in [-0.15, -0.1) is 0 Å². The molecule has 0 radical (unpaired) electrons. The number of rotatable bonds is 17. The normalized spacial score (nSPS) is 13.8. The molecule has 2 unspecified atom stereocenters. The molecule has 2 rings (SSSR count). The van der Waals surface area contributed by atoms with E-state index in [9.17, 15) is 42.2 Å². The Morgan fingerprint density at radius 2 is 1.21 bits per heavy atom. The molecule has 0 saturated carbocycles. The van der Waals surface area contributed by atoms with Crippen molar-refractivity contribution in [1.82, 2.24) is 20.4 Å². The predicted molar refractivity (Wildman–Crippen MR) is 220 cm³/mol. The number of amides is 4. The molecule has 0 aliphatic heterocycles. The molecule has 0 heterocycles. The summed E-state index contributed by atoms with van der Waals surface area (Å²) in [6, 6.07) is 6.04. The second-order valence-corrected chi connectivity index (χ2v) is 26.9. The average Bonchev–Trinajstić information content (AvgIpc) is 3.10. The number of aliphatic carboxylic acids is 1. The van der Waals surface area contributed by atoms with Crippen LogP contribution >= 0.6 is 0 Å². The van der Waals surface area contributed by atoms with E-state index in [1.54, 1.807) is 14.0 Å². The van der Waals surface area contributed by atoms with Gasteiger partial charge in [-0.25, -0.2) is 31.9 Å². The van der Waals surface area contributed by atoms with E-state index >= 15 is 0 Å². The first-order valence-corrected chi connectivity index (χ1v) is 24.9. The number of carboxylic acids is 1. The maximum Gasteiger partial charge on any atom is 0.331 e. The third kappa shape index (κ3) is 16.0. The summed E-state index contributed by atoms with van der Waals surface area (Å²) in [5.41, 5.74) is 0.121.